The zero-order valence-corrected chi connectivity index (χ0v) is 7.60. The van der Waals surface area contributed by atoms with Crippen molar-refractivity contribution < 1.29 is 19.7 Å². The average molecular weight is 208 g/mol. The number of rotatable bonds is 1. The number of aromatic hydroxyl groups is 2. The van der Waals surface area contributed by atoms with Crippen molar-refractivity contribution in [1.82, 2.24) is 0 Å². The lowest BCUT2D eigenvalue weighted by Gasteiger charge is -2.02. The van der Waals surface area contributed by atoms with E-state index in [1.807, 2.05) is 0 Å². The van der Waals surface area contributed by atoms with Gasteiger partial charge in [-0.05, 0) is 0 Å². The van der Waals surface area contributed by atoms with Crippen LogP contribution in [0.4, 0.5) is 0 Å². The summed E-state index contributed by atoms with van der Waals surface area (Å²) in [5.74, 6) is -0.473. The molecular weight excluding hydrogens is 200 g/mol. The van der Waals surface area contributed by atoms with Gasteiger partial charge in [-0.25, -0.2) is 0 Å². The highest BCUT2D eigenvalue weighted by atomic mass is 16.4. The number of phenols is 2. The summed E-state index contributed by atoms with van der Waals surface area (Å²) in [6.07, 6.45) is 0. The molecule has 78 valence electrons. The summed E-state index contributed by atoms with van der Waals surface area (Å²) < 4.78 is 5.08. The number of hydrogen-bond acceptors (Lipinski definition) is 5. The Morgan fingerprint density at radius 3 is 2.60 bits per heavy atom. The van der Waals surface area contributed by atoms with E-state index in [1.165, 1.54) is 6.07 Å². The van der Waals surface area contributed by atoms with Gasteiger partial charge in [0.1, 0.15) is 34.8 Å². The summed E-state index contributed by atoms with van der Waals surface area (Å²) in [6, 6.07) is 3.35. The predicted octanol–water partition coefficient (Wildman–Crippen LogP) is 0.696. The monoisotopic (exact) mass is 208 g/mol. The first-order valence-electron chi connectivity index (χ1n) is 4.21. The summed E-state index contributed by atoms with van der Waals surface area (Å²) in [4.78, 5) is 11.5. The quantitative estimate of drug-likeness (QED) is 0.641. The van der Waals surface area contributed by atoms with E-state index in [0.29, 0.717) is 0 Å². The lowest BCUT2D eigenvalue weighted by Crippen LogP contribution is -2.02. The van der Waals surface area contributed by atoms with Crippen LogP contribution in [0, 0.1) is 0 Å². The minimum absolute atomic E-state index is 0.00926. The van der Waals surface area contributed by atoms with Gasteiger partial charge in [-0.2, -0.15) is 0 Å². The third-order valence-electron chi connectivity index (χ3n) is 2.00. The summed E-state index contributed by atoms with van der Waals surface area (Å²) >= 11 is 0. The smallest absolute Gasteiger partial charge is 0.196 e. The van der Waals surface area contributed by atoms with Crippen LogP contribution in [0.3, 0.4) is 0 Å². The second-order valence-electron chi connectivity index (χ2n) is 3.07. The van der Waals surface area contributed by atoms with Crippen molar-refractivity contribution in [3.8, 4) is 11.5 Å². The van der Waals surface area contributed by atoms with Crippen LogP contribution in [0.25, 0.3) is 11.0 Å². The zero-order valence-electron chi connectivity index (χ0n) is 7.60. The molecule has 0 saturated heterocycles. The molecule has 0 atom stereocenters. The third kappa shape index (κ3) is 1.53. The molecule has 3 N–H and O–H groups in total. The van der Waals surface area contributed by atoms with Crippen LogP contribution in [0.1, 0.15) is 5.76 Å². The highest BCUT2D eigenvalue weighted by Crippen LogP contribution is 2.27. The number of hydrogen-bond donors (Lipinski definition) is 3. The van der Waals surface area contributed by atoms with E-state index in [-0.39, 0.29) is 28.2 Å². The summed E-state index contributed by atoms with van der Waals surface area (Å²) in [5.41, 5.74) is -0.415. The molecule has 0 aliphatic heterocycles. The van der Waals surface area contributed by atoms with Crippen molar-refractivity contribution in [3.63, 3.8) is 0 Å². The number of aliphatic hydroxyl groups excluding tert-OH is 1. The lowest BCUT2D eigenvalue weighted by molar-refractivity contribution is 0.248. The molecule has 0 saturated carbocycles. The van der Waals surface area contributed by atoms with E-state index in [9.17, 15) is 15.0 Å². The first-order chi connectivity index (χ1) is 7.11. The molecule has 0 amide bonds. The molecule has 0 bridgehead atoms. The number of phenolic OH excluding ortho intramolecular Hbond substituents is 2. The minimum atomic E-state index is -0.460. The van der Waals surface area contributed by atoms with Crippen molar-refractivity contribution in [2.45, 2.75) is 6.61 Å². The van der Waals surface area contributed by atoms with Gasteiger partial charge >= 0.3 is 0 Å². The van der Waals surface area contributed by atoms with Gasteiger partial charge in [-0.1, -0.05) is 0 Å². The van der Waals surface area contributed by atoms with Crippen molar-refractivity contribution in [2.24, 2.45) is 0 Å². The minimum Gasteiger partial charge on any atom is -0.508 e. The molecule has 0 spiro atoms. The van der Waals surface area contributed by atoms with E-state index < -0.39 is 12.0 Å². The van der Waals surface area contributed by atoms with Gasteiger partial charge in [-0.15, -0.1) is 0 Å². The zero-order chi connectivity index (χ0) is 11.0. The molecule has 0 fully saturated rings. The Balaban J connectivity index is 2.91. The molecule has 15 heavy (non-hydrogen) atoms. The molecular formula is C10H8O5. The maximum absolute atomic E-state index is 11.5. The Hall–Kier alpha value is -2.01. The van der Waals surface area contributed by atoms with Gasteiger partial charge in [0, 0.05) is 18.2 Å². The largest absolute Gasteiger partial charge is 0.508 e. The molecule has 1 aromatic carbocycles. The molecule has 2 aromatic rings. The molecule has 0 unspecified atom stereocenters. The van der Waals surface area contributed by atoms with E-state index in [2.05, 4.69) is 0 Å². The van der Waals surface area contributed by atoms with Crippen LogP contribution in [0.15, 0.2) is 27.4 Å². The molecule has 0 aliphatic rings. The van der Waals surface area contributed by atoms with E-state index >= 15 is 0 Å². The molecule has 0 aliphatic carbocycles. The second-order valence-corrected chi connectivity index (χ2v) is 3.07. The summed E-state index contributed by atoms with van der Waals surface area (Å²) in [7, 11) is 0. The van der Waals surface area contributed by atoms with E-state index in [0.717, 1.165) is 12.1 Å². The van der Waals surface area contributed by atoms with Crippen molar-refractivity contribution in [2.75, 3.05) is 0 Å². The van der Waals surface area contributed by atoms with Gasteiger partial charge < -0.3 is 19.7 Å². The first-order valence-corrected chi connectivity index (χ1v) is 4.21. The van der Waals surface area contributed by atoms with Crippen molar-refractivity contribution in [3.05, 3.63) is 34.2 Å². The van der Waals surface area contributed by atoms with Crippen LogP contribution in [-0.2, 0) is 6.61 Å². The van der Waals surface area contributed by atoms with Crippen molar-refractivity contribution in [1.29, 1.82) is 0 Å². The Morgan fingerprint density at radius 2 is 1.93 bits per heavy atom. The average Bonchev–Trinajstić information content (AvgIpc) is 2.15. The fraction of sp³-hybridized carbons (Fsp3) is 0.100. The molecule has 5 heteroatoms. The van der Waals surface area contributed by atoms with Crippen molar-refractivity contribution >= 4 is 11.0 Å². The highest BCUT2D eigenvalue weighted by Gasteiger charge is 2.10. The van der Waals surface area contributed by atoms with Crippen LogP contribution >= 0.6 is 0 Å². The Bertz CT molecular complexity index is 570. The first kappa shape index (κ1) is 9.54. The molecule has 2 rings (SSSR count). The standard InChI is InChI=1S/C10H8O5/c11-4-6-3-8(14)10-7(13)1-5(12)2-9(10)15-6/h1-3,11-13H,4H2. The maximum atomic E-state index is 11.5. The molecule has 1 heterocycles. The van der Waals surface area contributed by atoms with Gasteiger partial charge in [0.25, 0.3) is 0 Å². The van der Waals surface area contributed by atoms with Gasteiger partial charge in [0.2, 0.25) is 0 Å². The van der Waals surface area contributed by atoms with E-state index in [1.54, 1.807) is 0 Å². The lowest BCUT2D eigenvalue weighted by atomic mass is 10.2. The molecule has 5 nitrogen and oxygen atoms in total. The van der Waals surface area contributed by atoms with Crippen LogP contribution < -0.4 is 5.43 Å². The molecule has 1 aromatic heterocycles. The van der Waals surface area contributed by atoms with Crippen LogP contribution in [-0.4, -0.2) is 15.3 Å². The Morgan fingerprint density at radius 1 is 1.20 bits per heavy atom. The molecule has 0 radical (unpaired) electrons. The highest BCUT2D eigenvalue weighted by molar-refractivity contribution is 5.84. The SMILES string of the molecule is O=c1cc(CO)oc2cc(O)cc(O)c12. The number of fused-ring (bicyclic) bond motifs is 1. The fourth-order valence-corrected chi connectivity index (χ4v) is 1.38. The van der Waals surface area contributed by atoms with Gasteiger partial charge in [0.05, 0.1) is 0 Å². The van der Waals surface area contributed by atoms with Gasteiger partial charge in [0.15, 0.2) is 5.43 Å². The summed E-state index contributed by atoms with van der Waals surface area (Å²) in [5, 5.41) is 27.4. The summed E-state index contributed by atoms with van der Waals surface area (Å²) in [6.45, 7) is -0.415. The Labute approximate surface area is 83.8 Å². The fourth-order valence-electron chi connectivity index (χ4n) is 1.38. The third-order valence-corrected chi connectivity index (χ3v) is 2.00. The number of benzene rings is 1. The van der Waals surface area contributed by atoms with Crippen LogP contribution in [0.5, 0.6) is 11.5 Å². The van der Waals surface area contributed by atoms with Crippen LogP contribution in [0.2, 0.25) is 0 Å². The van der Waals surface area contributed by atoms with Gasteiger partial charge in [-0.3, -0.25) is 4.79 Å². The van der Waals surface area contributed by atoms with E-state index in [4.69, 9.17) is 9.52 Å². The normalized spacial score (nSPS) is 10.7. The maximum Gasteiger partial charge on any atom is 0.196 e. The Kier molecular flexibility index (Phi) is 2.09. The topological polar surface area (TPSA) is 90.9 Å². The number of aliphatic hydroxyl groups is 1. The predicted molar refractivity (Wildman–Crippen MR) is 51.7 cm³/mol. The second kappa shape index (κ2) is 3.29.